The van der Waals surface area contributed by atoms with Gasteiger partial charge in [0.25, 0.3) is 15.9 Å². The highest BCUT2D eigenvalue weighted by Crippen LogP contribution is 2.21. The molecule has 1 amide bonds. The van der Waals surface area contributed by atoms with Crippen LogP contribution in [-0.4, -0.2) is 20.1 Å². The normalized spacial score (nSPS) is 11.0. The number of Topliss-reactive ketones (excluding diaryl/α,β-unsaturated/α-hetero) is 1. The van der Waals surface area contributed by atoms with E-state index in [1.165, 1.54) is 42.5 Å². The van der Waals surface area contributed by atoms with Crippen molar-refractivity contribution >= 4 is 44.4 Å². The van der Waals surface area contributed by atoms with Gasteiger partial charge in [-0.1, -0.05) is 24.3 Å². The molecule has 0 aliphatic heterocycles. The minimum absolute atomic E-state index is 0.0109. The van der Waals surface area contributed by atoms with Gasteiger partial charge in [-0.05, 0) is 48.7 Å². The van der Waals surface area contributed by atoms with Crippen LogP contribution in [0.5, 0.6) is 0 Å². The Bertz CT molecular complexity index is 1090. The molecule has 3 rings (SSSR count). The molecule has 0 spiro atoms. The molecule has 0 fully saturated rings. The largest absolute Gasteiger partial charge is 0.321 e. The molecule has 0 aliphatic carbocycles. The number of carbonyl (C=O) groups excluding carboxylic acids is 2. The van der Waals surface area contributed by atoms with Crippen LogP contribution in [0.2, 0.25) is 0 Å². The number of hydrogen-bond donors (Lipinski definition) is 2. The quantitative estimate of drug-likeness (QED) is 0.612. The summed E-state index contributed by atoms with van der Waals surface area (Å²) < 4.78 is 27.6. The predicted molar refractivity (Wildman–Crippen MR) is 106 cm³/mol. The van der Waals surface area contributed by atoms with Gasteiger partial charge in [-0.25, -0.2) is 8.42 Å². The fourth-order valence-electron chi connectivity index (χ4n) is 2.36. The van der Waals surface area contributed by atoms with Crippen LogP contribution in [0.4, 0.5) is 11.4 Å². The van der Waals surface area contributed by atoms with Crippen LogP contribution >= 0.6 is 11.3 Å². The van der Waals surface area contributed by atoms with Crippen LogP contribution in [-0.2, 0) is 10.0 Å². The zero-order chi connectivity index (χ0) is 19.4. The van der Waals surface area contributed by atoms with Crippen LogP contribution < -0.4 is 10.0 Å². The molecule has 3 aromatic rings. The summed E-state index contributed by atoms with van der Waals surface area (Å²) in [7, 11) is -3.87. The monoisotopic (exact) mass is 400 g/mol. The smallest absolute Gasteiger partial charge is 0.265 e. The Morgan fingerprint density at radius 3 is 2.37 bits per heavy atom. The summed E-state index contributed by atoms with van der Waals surface area (Å²) >= 11 is 1.31. The van der Waals surface area contributed by atoms with Gasteiger partial charge in [-0.3, -0.25) is 14.3 Å². The van der Waals surface area contributed by atoms with Gasteiger partial charge in [0.05, 0.1) is 15.5 Å². The van der Waals surface area contributed by atoms with E-state index in [0.717, 1.165) is 0 Å². The number of anilines is 2. The van der Waals surface area contributed by atoms with Gasteiger partial charge >= 0.3 is 0 Å². The second kappa shape index (κ2) is 7.73. The molecule has 1 heterocycles. The molecule has 138 valence electrons. The van der Waals surface area contributed by atoms with E-state index in [2.05, 4.69) is 10.0 Å². The van der Waals surface area contributed by atoms with E-state index >= 15 is 0 Å². The Morgan fingerprint density at radius 2 is 1.67 bits per heavy atom. The number of thiophene rings is 1. The summed E-state index contributed by atoms with van der Waals surface area (Å²) in [5.74, 6) is -0.482. The first kappa shape index (κ1) is 18.8. The zero-order valence-corrected chi connectivity index (χ0v) is 15.9. The molecule has 6 nitrogen and oxygen atoms in total. The second-order valence-corrected chi connectivity index (χ2v) is 8.33. The summed E-state index contributed by atoms with van der Waals surface area (Å²) in [4.78, 5) is 24.1. The summed E-state index contributed by atoms with van der Waals surface area (Å²) in [6, 6.07) is 15.7. The topological polar surface area (TPSA) is 92.3 Å². The molecule has 0 bridgehead atoms. The van der Waals surface area contributed by atoms with E-state index in [4.69, 9.17) is 0 Å². The third kappa shape index (κ3) is 4.60. The summed E-state index contributed by atoms with van der Waals surface area (Å²) in [6.45, 7) is 1.37. The van der Waals surface area contributed by atoms with Crippen LogP contribution in [0.1, 0.15) is 27.0 Å². The molecule has 2 N–H and O–H groups in total. The van der Waals surface area contributed by atoms with Crippen LogP contribution in [0.3, 0.4) is 0 Å². The molecule has 8 heteroatoms. The fraction of sp³-hybridized carbons (Fsp3) is 0.0526. The zero-order valence-electron chi connectivity index (χ0n) is 14.3. The molecule has 0 unspecified atom stereocenters. The lowest BCUT2D eigenvalue weighted by Crippen LogP contribution is -2.14. The molecule has 0 radical (unpaired) electrons. The molecule has 0 aliphatic rings. The van der Waals surface area contributed by atoms with Crippen molar-refractivity contribution in [1.29, 1.82) is 0 Å². The van der Waals surface area contributed by atoms with E-state index in [1.807, 2.05) is 0 Å². The molecule has 0 atom stereocenters. The SMILES string of the molecule is CC(=O)c1cccc(S(=O)(=O)Nc2cccc(NC(=O)c3cccs3)c2)c1. The van der Waals surface area contributed by atoms with Crippen LogP contribution in [0.25, 0.3) is 0 Å². The van der Waals surface area contributed by atoms with Crippen LogP contribution in [0.15, 0.2) is 70.9 Å². The molecule has 0 saturated carbocycles. The summed E-state index contributed by atoms with van der Waals surface area (Å²) in [5.41, 5.74) is 1.08. The van der Waals surface area contributed by atoms with E-state index < -0.39 is 10.0 Å². The fourth-order valence-corrected chi connectivity index (χ4v) is 4.07. The van der Waals surface area contributed by atoms with Gasteiger partial charge in [0.2, 0.25) is 0 Å². The van der Waals surface area contributed by atoms with Crippen molar-refractivity contribution in [2.75, 3.05) is 10.0 Å². The first-order valence-corrected chi connectivity index (χ1v) is 10.3. The maximum Gasteiger partial charge on any atom is 0.265 e. The van der Waals surface area contributed by atoms with Gasteiger partial charge in [0.15, 0.2) is 5.78 Å². The Hall–Kier alpha value is -2.97. The van der Waals surface area contributed by atoms with E-state index in [0.29, 0.717) is 21.8 Å². The van der Waals surface area contributed by atoms with E-state index in [9.17, 15) is 18.0 Å². The summed E-state index contributed by atoms with van der Waals surface area (Å²) in [5, 5.41) is 4.53. The van der Waals surface area contributed by atoms with Gasteiger partial charge in [-0.15, -0.1) is 11.3 Å². The number of nitrogens with one attached hydrogen (secondary N) is 2. The van der Waals surface area contributed by atoms with Crippen molar-refractivity contribution in [1.82, 2.24) is 0 Å². The number of sulfonamides is 1. The maximum atomic E-state index is 12.6. The third-order valence-corrected chi connectivity index (χ3v) is 5.92. The standard InChI is InChI=1S/C19H16N2O4S2/c1-13(22)14-5-2-8-17(11-14)27(24,25)21-16-7-3-6-15(12-16)20-19(23)18-9-4-10-26-18/h2-12,21H,1H3,(H,20,23). The van der Waals surface area contributed by atoms with Crippen molar-refractivity contribution in [2.24, 2.45) is 0 Å². The van der Waals surface area contributed by atoms with Gasteiger partial charge < -0.3 is 5.32 Å². The lowest BCUT2D eigenvalue weighted by atomic mass is 10.2. The van der Waals surface area contributed by atoms with Crippen molar-refractivity contribution in [3.8, 4) is 0 Å². The van der Waals surface area contributed by atoms with Crippen molar-refractivity contribution < 1.29 is 18.0 Å². The third-order valence-electron chi connectivity index (χ3n) is 3.67. The Balaban J connectivity index is 1.80. The molecule has 0 saturated heterocycles. The number of amides is 1. The first-order chi connectivity index (χ1) is 12.8. The Morgan fingerprint density at radius 1 is 0.926 bits per heavy atom. The average Bonchev–Trinajstić information content (AvgIpc) is 3.16. The highest BCUT2D eigenvalue weighted by molar-refractivity contribution is 7.92. The highest BCUT2D eigenvalue weighted by Gasteiger charge is 2.16. The number of rotatable bonds is 6. The number of benzene rings is 2. The minimum atomic E-state index is -3.87. The number of carbonyl (C=O) groups is 2. The number of ketones is 1. The van der Waals surface area contributed by atoms with E-state index in [-0.39, 0.29) is 16.6 Å². The molecule has 2 aromatic carbocycles. The average molecular weight is 400 g/mol. The van der Waals surface area contributed by atoms with Gasteiger partial charge in [-0.2, -0.15) is 0 Å². The van der Waals surface area contributed by atoms with Gasteiger partial charge in [0.1, 0.15) is 0 Å². The second-order valence-electron chi connectivity index (χ2n) is 5.70. The highest BCUT2D eigenvalue weighted by atomic mass is 32.2. The Kier molecular flexibility index (Phi) is 5.38. The lowest BCUT2D eigenvalue weighted by Gasteiger charge is -2.11. The molecule has 1 aromatic heterocycles. The summed E-state index contributed by atoms with van der Waals surface area (Å²) in [6.07, 6.45) is 0. The molecular weight excluding hydrogens is 384 g/mol. The lowest BCUT2D eigenvalue weighted by molar-refractivity contribution is 0.101. The van der Waals surface area contributed by atoms with Crippen molar-refractivity contribution in [3.63, 3.8) is 0 Å². The van der Waals surface area contributed by atoms with Gasteiger partial charge in [0, 0.05) is 11.3 Å². The van der Waals surface area contributed by atoms with Crippen LogP contribution in [0, 0.1) is 0 Å². The first-order valence-electron chi connectivity index (χ1n) is 7.94. The predicted octanol–water partition coefficient (Wildman–Crippen LogP) is 4.00. The van der Waals surface area contributed by atoms with Crippen molar-refractivity contribution in [3.05, 3.63) is 76.5 Å². The maximum absolute atomic E-state index is 12.6. The number of hydrogen-bond acceptors (Lipinski definition) is 5. The van der Waals surface area contributed by atoms with E-state index in [1.54, 1.807) is 41.8 Å². The molecular formula is C19H16N2O4S2. The Labute approximate surface area is 160 Å². The minimum Gasteiger partial charge on any atom is -0.321 e. The molecule has 27 heavy (non-hydrogen) atoms. The van der Waals surface area contributed by atoms with Crippen molar-refractivity contribution in [2.45, 2.75) is 11.8 Å².